The minimum atomic E-state index is 0.452. The van der Waals surface area contributed by atoms with Crippen LogP contribution in [-0.2, 0) is 0 Å². The molecule has 1 aromatic heterocycles. The number of hydrazine groups is 1. The van der Waals surface area contributed by atoms with Crippen LogP contribution in [-0.4, -0.2) is 11.0 Å². The van der Waals surface area contributed by atoms with Crippen molar-refractivity contribution in [3.05, 3.63) is 30.1 Å². The fourth-order valence-corrected chi connectivity index (χ4v) is 1.70. The lowest BCUT2D eigenvalue weighted by molar-refractivity contribution is 0.532. The third-order valence-corrected chi connectivity index (χ3v) is 2.58. The first-order chi connectivity index (χ1) is 6.40. The van der Waals surface area contributed by atoms with Crippen molar-refractivity contribution in [2.45, 2.75) is 31.8 Å². The van der Waals surface area contributed by atoms with Crippen LogP contribution in [0.3, 0.4) is 0 Å². The first-order valence-corrected chi connectivity index (χ1v) is 4.81. The molecule has 0 saturated carbocycles. The Morgan fingerprint density at radius 2 is 2.15 bits per heavy atom. The lowest BCUT2D eigenvalue weighted by Crippen LogP contribution is -2.30. The van der Waals surface area contributed by atoms with Crippen molar-refractivity contribution < 1.29 is 0 Å². The van der Waals surface area contributed by atoms with Crippen LogP contribution in [0.15, 0.2) is 24.5 Å². The Kier molecular flexibility index (Phi) is 2.57. The number of hydrogen-bond donors (Lipinski definition) is 2. The second-order valence-electron chi connectivity index (χ2n) is 3.46. The molecule has 70 valence electrons. The smallest absolute Gasteiger partial charge is 0.0478 e. The van der Waals surface area contributed by atoms with Crippen molar-refractivity contribution in [2.75, 3.05) is 0 Å². The lowest BCUT2D eigenvalue weighted by Gasteiger charge is -2.08. The predicted octanol–water partition coefficient (Wildman–Crippen LogP) is 1.40. The van der Waals surface area contributed by atoms with Gasteiger partial charge in [0, 0.05) is 24.5 Å². The minimum absolute atomic E-state index is 0.452. The van der Waals surface area contributed by atoms with Gasteiger partial charge in [0.05, 0.1) is 0 Å². The molecule has 1 aromatic rings. The fourth-order valence-electron chi connectivity index (χ4n) is 1.70. The zero-order chi connectivity index (χ0) is 9.10. The Morgan fingerprint density at radius 3 is 2.77 bits per heavy atom. The maximum absolute atomic E-state index is 4.01. The molecule has 2 N–H and O–H groups in total. The summed E-state index contributed by atoms with van der Waals surface area (Å²) < 4.78 is 0. The van der Waals surface area contributed by atoms with Gasteiger partial charge >= 0.3 is 0 Å². The molecule has 2 unspecified atom stereocenters. The van der Waals surface area contributed by atoms with E-state index in [1.54, 1.807) is 0 Å². The highest BCUT2D eigenvalue weighted by Gasteiger charge is 2.22. The van der Waals surface area contributed by atoms with E-state index in [9.17, 15) is 0 Å². The van der Waals surface area contributed by atoms with E-state index in [0.717, 1.165) is 0 Å². The van der Waals surface area contributed by atoms with Gasteiger partial charge in [-0.25, -0.2) is 0 Å². The van der Waals surface area contributed by atoms with Crippen molar-refractivity contribution in [3.63, 3.8) is 0 Å². The van der Waals surface area contributed by atoms with Crippen molar-refractivity contribution in [1.29, 1.82) is 0 Å². The molecule has 0 spiro atoms. The highest BCUT2D eigenvalue weighted by molar-refractivity contribution is 5.16. The molecule has 0 aromatic carbocycles. The first kappa shape index (κ1) is 8.66. The van der Waals surface area contributed by atoms with Crippen molar-refractivity contribution in [3.8, 4) is 0 Å². The topological polar surface area (TPSA) is 37.0 Å². The van der Waals surface area contributed by atoms with E-state index in [1.807, 2.05) is 12.4 Å². The molecule has 13 heavy (non-hydrogen) atoms. The van der Waals surface area contributed by atoms with Gasteiger partial charge in [-0.2, -0.15) is 0 Å². The van der Waals surface area contributed by atoms with Gasteiger partial charge in [0.2, 0.25) is 0 Å². The molecule has 0 amide bonds. The van der Waals surface area contributed by atoms with Crippen LogP contribution in [0.2, 0.25) is 0 Å². The Balaban J connectivity index is 2.04. The molecule has 1 saturated heterocycles. The van der Waals surface area contributed by atoms with Crippen LogP contribution < -0.4 is 10.9 Å². The van der Waals surface area contributed by atoms with E-state index < -0.39 is 0 Å². The standard InChI is InChI=1S/C10H15N3/c1-2-9-7-10(13-12-9)8-3-5-11-6-4-8/h3-6,9-10,12-13H,2,7H2,1H3. The van der Waals surface area contributed by atoms with Crippen molar-refractivity contribution in [1.82, 2.24) is 15.8 Å². The van der Waals surface area contributed by atoms with Crippen LogP contribution in [0.25, 0.3) is 0 Å². The van der Waals surface area contributed by atoms with Gasteiger partial charge in [-0.05, 0) is 30.5 Å². The van der Waals surface area contributed by atoms with Crippen LogP contribution in [0, 0.1) is 0 Å². The summed E-state index contributed by atoms with van der Waals surface area (Å²) in [4.78, 5) is 4.01. The van der Waals surface area contributed by atoms with E-state index in [0.29, 0.717) is 12.1 Å². The van der Waals surface area contributed by atoms with Crippen LogP contribution in [0.4, 0.5) is 0 Å². The Hall–Kier alpha value is -0.930. The molecular weight excluding hydrogens is 162 g/mol. The summed E-state index contributed by atoms with van der Waals surface area (Å²) in [6, 6.07) is 5.19. The third kappa shape index (κ3) is 1.87. The quantitative estimate of drug-likeness (QED) is 0.717. The minimum Gasteiger partial charge on any atom is -0.265 e. The average Bonchev–Trinajstić information content (AvgIpc) is 2.67. The Labute approximate surface area is 78.5 Å². The summed E-state index contributed by atoms with van der Waals surface area (Å²) in [5, 5.41) is 0. The highest BCUT2D eigenvalue weighted by atomic mass is 15.4. The van der Waals surface area contributed by atoms with E-state index >= 15 is 0 Å². The Bertz CT molecular complexity index is 260. The van der Waals surface area contributed by atoms with Crippen LogP contribution in [0.1, 0.15) is 31.4 Å². The summed E-state index contributed by atoms with van der Waals surface area (Å²) in [7, 11) is 0. The summed E-state index contributed by atoms with van der Waals surface area (Å²) in [5.74, 6) is 0. The predicted molar refractivity (Wildman–Crippen MR) is 51.9 cm³/mol. The summed E-state index contributed by atoms with van der Waals surface area (Å²) in [6.45, 7) is 2.20. The highest BCUT2D eigenvalue weighted by Crippen LogP contribution is 2.22. The number of nitrogens with one attached hydrogen (secondary N) is 2. The number of pyridine rings is 1. The molecule has 3 heteroatoms. The second-order valence-corrected chi connectivity index (χ2v) is 3.46. The van der Waals surface area contributed by atoms with Gasteiger partial charge in [-0.1, -0.05) is 6.92 Å². The van der Waals surface area contributed by atoms with Gasteiger partial charge in [0.1, 0.15) is 0 Å². The number of rotatable bonds is 2. The van der Waals surface area contributed by atoms with Gasteiger partial charge < -0.3 is 0 Å². The molecule has 2 heterocycles. The summed E-state index contributed by atoms with van der Waals surface area (Å²) >= 11 is 0. The maximum atomic E-state index is 4.01. The largest absolute Gasteiger partial charge is 0.265 e. The SMILES string of the molecule is CCC1CC(c2ccncc2)NN1. The fraction of sp³-hybridized carbons (Fsp3) is 0.500. The number of nitrogens with zero attached hydrogens (tertiary/aromatic N) is 1. The van der Waals surface area contributed by atoms with Gasteiger partial charge in [0.15, 0.2) is 0 Å². The molecule has 3 nitrogen and oxygen atoms in total. The molecule has 0 radical (unpaired) electrons. The number of aromatic nitrogens is 1. The zero-order valence-corrected chi connectivity index (χ0v) is 7.83. The lowest BCUT2D eigenvalue weighted by atomic mass is 10.0. The van der Waals surface area contributed by atoms with Crippen molar-refractivity contribution in [2.24, 2.45) is 0 Å². The summed E-state index contributed by atoms with van der Waals surface area (Å²) in [5.41, 5.74) is 7.90. The van der Waals surface area contributed by atoms with Crippen molar-refractivity contribution >= 4 is 0 Å². The molecule has 2 rings (SSSR count). The molecule has 0 aliphatic carbocycles. The van der Waals surface area contributed by atoms with Gasteiger partial charge in [0.25, 0.3) is 0 Å². The molecule has 1 fully saturated rings. The van der Waals surface area contributed by atoms with E-state index in [4.69, 9.17) is 0 Å². The molecule has 1 aliphatic rings. The zero-order valence-electron chi connectivity index (χ0n) is 7.83. The Morgan fingerprint density at radius 1 is 1.38 bits per heavy atom. The average molecular weight is 177 g/mol. The normalized spacial score (nSPS) is 27.8. The summed E-state index contributed by atoms with van der Waals surface area (Å²) in [6.07, 6.45) is 6.03. The van der Waals surface area contributed by atoms with Crippen LogP contribution >= 0.6 is 0 Å². The molecule has 1 aliphatic heterocycles. The second kappa shape index (κ2) is 3.85. The van der Waals surface area contributed by atoms with Gasteiger partial charge in [-0.3, -0.25) is 15.8 Å². The monoisotopic (exact) mass is 177 g/mol. The van der Waals surface area contributed by atoms with Gasteiger partial charge in [-0.15, -0.1) is 0 Å². The van der Waals surface area contributed by atoms with Crippen LogP contribution in [0.5, 0.6) is 0 Å². The van der Waals surface area contributed by atoms with E-state index in [-0.39, 0.29) is 0 Å². The molecule has 2 atom stereocenters. The van der Waals surface area contributed by atoms with E-state index in [2.05, 4.69) is 34.9 Å². The molecule has 0 bridgehead atoms. The maximum Gasteiger partial charge on any atom is 0.0478 e. The number of hydrogen-bond acceptors (Lipinski definition) is 3. The third-order valence-electron chi connectivity index (χ3n) is 2.58. The molecular formula is C10H15N3. The first-order valence-electron chi connectivity index (χ1n) is 4.81. The van der Waals surface area contributed by atoms with E-state index in [1.165, 1.54) is 18.4 Å².